The first kappa shape index (κ1) is 39.3. The van der Waals surface area contributed by atoms with Crippen molar-refractivity contribution in [2.75, 3.05) is 7.05 Å². The zero-order valence-electron chi connectivity index (χ0n) is 30.8. The van der Waals surface area contributed by atoms with Gasteiger partial charge in [-0.15, -0.1) is 22.7 Å². The van der Waals surface area contributed by atoms with E-state index in [0.717, 1.165) is 32.4 Å². The lowest BCUT2D eigenvalue weighted by Crippen LogP contribution is -2.48. The van der Waals surface area contributed by atoms with Gasteiger partial charge in [0, 0.05) is 56.7 Å². The predicted molar refractivity (Wildman–Crippen MR) is 209 cm³/mol. The molecule has 0 fully saturated rings. The molecule has 3 amide bonds. The summed E-state index contributed by atoms with van der Waals surface area (Å²) in [5.41, 5.74) is 5.46. The van der Waals surface area contributed by atoms with Crippen molar-refractivity contribution in [1.82, 2.24) is 35.1 Å². The Hall–Kier alpha value is -4.88. The molecule has 2 aromatic carbocycles. The minimum atomic E-state index is -0.778. The largest absolute Gasteiger partial charge is 0.444 e. The summed E-state index contributed by atoms with van der Waals surface area (Å²) < 4.78 is 7.36. The molecule has 0 radical (unpaired) electrons. The van der Waals surface area contributed by atoms with Crippen LogP contribution in [0.3, 0.4) is 0 Å². The molecule has 0 aliphatic heterocycles. The molecule has 280 valence electrons. The summed E-state index contributed by atoms with van der Waals surface area (Å²) in [6, 6.07) is 18.8. The normalized spacial score (nSPS) is 12.9. The molecule has 11 nitrogen and oxygen atoms in total. The summed E-state index contributed by atoms with van der Waals surface area (Å²) in [5.74, 6) is 0.193. The molecular weight excluding hydrogens is 707 g/mol. The Balaban J connectivity index is 1.30. The fourth-order valence-corrected chi connectivity index (χ4v) is 7.46. The maximum atomic E-state index is 14.3. The highest BCUT2D eigenvalue weighted by Gasteiger charge is 2.28. The number of amides is 3. The van der Waals surface area contributed by atoms with Crippen molar-refractivity contribution in [3.63, 3.8) is 0 Å². The third-order valence-electron chi connectivity index (χ3n) is 8.92. The van der Waals surface area contributed by atoms with Crippen LogP contribution in [0.2, 0.25) is 0 Å². The van der Waals surface area contributed by atoms with E-state index in [1.165, 1.54) is 11.3 Å². The second-order valence-electron chi connectivity index (χ2n) is 13.8. The van der Waals surface area contributed by atoms with Crippen molar-refractivity contribution >= 4 is 40.6 Å². The minimum Gasteiger partial charge on any atom is -0.444 e. The summed E-state index contributed by atoms with van der Waals surface area (Å²) >= 11 is 3.02. The number of aromatic nitrogens is 4. The zero-order chi connectivity index (χ0) is 37.6. The number of alkyl carbamates (subject to hydrolysis) is 1. The summed E-state index contributed by atoms with van der Waals surface area (Å²) in [7, 11) is 3.59. The Morgan fingerprint density at radius 1 is 0.906 bits per heavy atom. The number of urea groups is 1. The smallest absolute Gasteiger partial charge is 0.407 e. The van der Waals surface area contributed by atoms with Crippen LogP contribution in [0.1, 0.15) is 71.4 Å². The maximum Gasteiger partial charge on any atom is 0.407 e. The molecular formula is C40H49N7O4S2. The highest BCUT2D eigenvalue weighted by atomic mass is 32.1. The van der Waals surface area contributed by atoms with Crippen molar-refractivity contribution in [1.29, 1.82) is 0 Å². The molecule has 2 N–H and O–H groups in total. The quantitative estimate of drug-likeness (QED) is 0.0902. The number of benzene rings is 2. The third-order valence-corrected chi connectivity index (χ3v) is 10.9. The second-order valence-corrected chi connectivity index (χ2v) is 15.7. The molecule has 3 unspecified atom stereocenters. The number of Topliss-reactive ketones (excluding diaryl/α,β-unsaturated/α-hetero) is 1. The number of thiazole rings is 2. The van der Waals surface area contributed by atoms with Gasteiger partial charge >= 0.3 is 12.1 Å². The van der Waals surface area contributed by atoms with E-state index in [1.54, 1.807) is 41.3 Å². The molecule has 13 heteroatoms. The average molecular weight is 756 g/mol. The van der Waals surface area contributed by atoms with Gasteiger partial charge < -0.3 is 24.8 Å². The number of nitrogens with zero attached hydrogens (tertiary/aromatic N) is 5. The van der Waals surface area contributed by atoms with E-state index < -0.39 is 12.1 Å². The SMILES string of the molecule is CC(C)c1nc(CN(C)C(=O)NC(Cc2cn(C)cn2)C(=O)CC(CCC(Cc2ccccc2)NC(=O)OCc2cncs2)Cc2ccccc2)cs1. The van der Waals surface area contributed by atoms with Crippen molar-refractivity contribution in [3.8, 4) is 0 Å². The lowest BCUT2D eigenvalue weighted by atomic mass is 9.86. The van der Waals surface area contributed by atoms with E-state index >= 15 is 0 Å². The molecule has 0 saturated heterocycles. The number of hydrogen-bond acceptors (Lipinski definition) is 9. The summed E-state index contributed by atoms with van der Waals surface area (Å²) in [6.07, 6.45) is 7.86. The van der Waals surface area contributed by atoms with Gasteiger partial charge in [0.15, 0.2) is 5.78 Å². The summed E-state index contributed by atoms with van der Waals surface area (Å²) in [4.78, 5) is 56.4. The van der Waals surface area contributed by atoms with Crippen molar-refractivity contribution in [2.45, 2.75) is 83.5 Å². The first-order chi connectivity index (χ1) is 25.6. The Morgan fingerprint density at radius 3 is 2.25 bits per heavy atom. The van der Waals surface area contributed by atoms with E-state index in [4.69, 9.17) is 4.74 Å². The van der Waals surface area contributed by atoms with Gasteiger partial charge in [0.05, 0.1) is 45.7 Å². The number of aryl methyl sites for hydroxylation is 1. The Bertz CT molecular complexity index is 1860. The predicted octanol–water partition coefficient (Wildman–Crippen LogP) is 7.35. The highest BCUT2D eigenvalue weighted by molar-refractivity contribution is 7.09. The van der Waals surface area contributed by atoms with Crippen LogP contribution in [0.25, 0.3) is 0 Å². The number of nitrogens with one attached hydrogen (secondary N) is 2. The highest BCUT2D eigenvalue weighted by Crippen LogP contribution is 2.23. The standard InChI is InChI=1S/C40H49N7O4S2/c1-28(2)38-43-34(25-52-38)23-47(4)39(49)45-36(20-33-22-46(3)26-42-33)37(48)19-31(17-29-11-7-5-8-12-29)15-16-32(18-30-13-9-6-10-14-30)44-40(50)51-24-35-21-41-27-53-35/h5-14,21-22,25-28,31-32,36H,15-20,23-24H2,1-4H3,(H,44,50)(H,45,49). The molecule has 0 bridgehead atoms. The first-order valence-corrected chi connectivity index (χ1v) is 19.7. The molecule has 0 aliphatic rings. The third kappa shape index (κ3) is 12.9. The molecule has 3 atom stereocenters. The molecule has 53 heavy (non-hydrogen) atoms. The topological polar surface area (TPSA) is 131 Å². The fourth-order valence-electron chi connectivity index (χ4n) is 6.13. The van der Waals surface area contributed by atoms with Crippen LogP contribution in [0, 0.1) is 5.92 Å². The van der Waals surface area contributed by atoms with Crippen LogP contribution in [0.4, 0.5) is 9.59 Å². The van der Waals surface area contributed by atoms with Gasteiger partial charge in [-0.25, -0.2) is 19.6 Å². The average Bonchev–Trinajstić information content (AvgIpc) is 3.93. The van der Waals surface area contributed by atoms with Crippen molar-refractivity contribution < 1.29 is 19.1 Å². The van der Waals surface area contributed by atoms with Gasteiger partial charge in [-0.2, -0.15) is 0 Å². The summed E-state index contributed by atoms with van der Waals surface area (Å²) in [5, 5.41) is 9.11. The van der Waals surface area contributed by atoms with Crippen LogP contribution in [-0.2, 0) is 49.0 Å². The molecule has 3 heterocycles. The van der Waals surface area contributed by atoms with E-state index in [0.29, 0.717) is 38.1 Å². The summed E-state index contributed by atoms with van der Waals surface area (Å²) in [6.45, 7) is 4.68. The van der Waals surface area contributed by atoms with Crippen LogP contribution in [0.15, 0.2) is 90.3 Å². The Morgan fingerprint density at radius 2 is 1.62 bits per heavy atom. The second kappa shape index (κ2) is 19.8. The van der Waals surface area contributed by atoms with Crippen molar-refractivity contribution in [2.24, 2.45) is 13.0 Å². The van der Waals surface area contributed by atoms with Crippen LogP contribution in [-0.4, -0.2) is 61.5 Å². The number of carbonyl (C=O) groups is 3. The van der Waals surface area contributed by atoms with Gasteiger partial charge in [-0.05, 0) is 42.7 Å². The number of ether oxygens (including phenoxy) is 1. The molecule has 0 aliphatic carbocycles. The lowest BCUT2D eigenvalue weighted by Gasteiger charge is -2.25. The van der Waals surface area contributed by atoms with Crippen LogP contribution < -0.4 is 10.6 Å². The van der Waals surface area contributed by atoms with E-state index in [1.807, 2.05) is 71.7 Å². The van der Waals surface area contributed by atoms with E-state index in [9.17, 15) is 14.4 Å². The van der Waals surface area contributed by atoms with Gasteiger partial charge in [-0.3, -0.25) is 9.78 Å². The zero-order valence-corrected chi connectivity index (χ0v) is 32.4. The van der Waals surface area contributed by atoms with Gasteiger partial charge in [0.25, 0.3) is 0 Å². The monoisotopic (exact) mass is 755 g/mol. The first-order valence-electron chi connectivity index (χ1n) is 17.9. The molecule has 0 spiro atoms. The fraction of sp³-hybridized carbons (Fsp3) is 0.400. The van der Waals surface area contributed by atoms with Gasteiger partial charge in [-0.1, -0.05) is 74.5 Å². The van der Waals surface area contributed by atoms with Gasteiger partial charge in [0.1, 0.15) is 6.61 Å². The van der Waals surface area contributed by atoms with E-state index in [2.05, 4.69) is 51.6 Å². The number of carbonyl (C=O) groups excluding carboxylic acids is 3. The molecule has 5 rings (SSSR count). The number of rotatable bonds is 19. The minimum absolute atomic E-state index is 0.0523. The molecule has 3 aromatic heterocycles. The lowest BCUT2D eigenvalue weighted by molar-refractivity contribution is -0.121. The van der Waals surface area contributed by atoms with Crippen LogP contribution in [0.5, 0.6) is 0 Å². The van der Waals surface area contributed by atoms with Crippen molar-refractivity contribution in [3.05, 3.63) is 123 Å². The number of imidazole rings is 1. The van der Waals surface area contributed by atoms with Gasteiger partial charge in [0.2, 0.25) is 0 Å². The number of ketones is 1. The molecule has 5 aromatic rings. The van der Waals surface area contributed by atoms with E-state index in [-0.39, 0.29) is 43.2 Å². The van der Waals surface area contributed by atoms with Crippen LogP contribution >= 0.6 is 22.7 Å². The Kier molecular flexibility index (Phi) is 14.7. The maximum absolute atomic E-state index is 14.3. The molecule has 0 saturated carbocycles. The Labute approximate surface area is 319 Å². The number of hydrogen-bond donors (Lipinski definition) is 2.